The van der Waals surface area contributed by atoms with Crippen molar-refractivity contribution in [2.75, 3.05) is 32.7 Å². The highest BCUT2D eigenvalue weighted by atomic mass is 15.3. The molecule has 1 aliphatic heterocycles. The normalized spacial score (nSPS) is 27.4. The SMILES string of the molecule is C1=CC[C@H](C[NH+]2CC[NH+](Cc3cccc4ccccc34)CC2)CC1. The number of piperazine rings is 1. The van der Waals surface area contributed by atoms with Crippen molar-refractivity contribution in [3.8, 4) is 0 Å². The summed E-state index contributed by atoms with van der Waals surface area (Å²) in [7, 11) is 0. The quantitative estimate of drug-likeness (QED) is 0.789. The van der Waals surface area contributed by atoms with Crippen LogP contribution in [-0.2, 0) is 6.54 Å². The van der Waals surface area contributed by atoms with E-state index in [1.807, 2.05) is 4.90 Å². The smallest absolute Gasteiger partial charge is 0.127 e. The molecule has 0 spiro atoms. The summed E-state index contributed by atoms with van der Waals surface area (Å²) in [6, 6.07) is 15.6. The maximum absolute atomic E-state index is 2.40. The molecule has 0 unspecified atom stereocenters. The Hall–Kier alpha value is -1.64. The Labute approximate surface area is 145 Å². The number of allylic oxidation sites excluding steroid dienone is 2. The topological polar surface area (TPSA) is 8.88 Å². The van der Waals surface area contributed by atoms with Crippen molar-refractivity contribution in [1.29, 1.82) is 0 Å². The van der Waals surface area contributed by atoms with Crippen LogP contribution in [0.4, 0.5) is 0 Å². The molecule has 0 radical (unpaired) electrons. The molecule has 0 aromatic heterocycles. The van der Waals surface area contributed by atoms with Gasteiger partial charge in [-0.1, -0.05) is 54.6 Å². The van der Waals surface area contributed by atoms with Gasteiger partial charge in [-0.15, -0.1) is 0 Å². The van der Waals surface area contributed by atoms with Gasteiger partial charge in [0.05, 0.1) is 6.54 Å². The number of rotatable bonds is 4. The van der Waals surface area contributed by atoms with Crippen LogP contribution < -0.4 is 9.80 Å². The number of nitrogens with one attached hydrogen (secondary N) is 2. The van der Waals surface area contributed by atoms with Gasteiger partial charge in [0, 0.05) is 11.5 Å². The molecule has 2 heteroatoms. The fourth-order valence-electron chi connectivity index (χ4n) is 4.50. The number of fused-ring (bicyclic) bond motifs is 1. The van der Waals surface area contributed by atoms with E-state index < -0.39 is 0 Å². The monoisotopic (exact) mass is 322 g/mol. The summed E-state index contributed by atoms with van der Waals surface area (Å²) in [6.07, 6.45) is 8.78. The fourth-order valence-corrected chi connectivity index (χ4v) is 4.50. The predicted molar refractivity (Wildman–Crippen MR) is 100 cm³/mol. The minimum absolute atomic E-state index is 0.935. The maximum atomic E-state index is 2.40. The van der Waals surface area contributed by atoms with E-state index in [1.165, 1.54) is 74.9 Å². The fraction of sp³-hybridized carbons (Fsp3) is 0.455. The Bertz CT molecular complexity index is 693. The van der Waals surface area contributed by atoms with Gasteiger partial charge in [0.1, 0.15) is 32.7 Å². The third-order valence-corrected chi connectivity index (χ3v) is 5.94. The number of quaternary nitrogens is 2. The summed E-state index contributed by atoms with van der Waals surface area (Å²) in [5.74, 6) is 0.935. The molecule has 2 aromatic carbocycles. The lowest BCUT2D eigenvalue weighted by Gasteiger charge is -2.32. The van der Waals surface area contributed by atoms with E-state index in [1.54, 1.807) is 4.90 Å². The van der Waals surface area contributed by atoms with E-state index in [4.69, 9.17) is 0 Å². The van der Waals surface area contributed by atoms with E-state index in [2.05, 4.69) is 54.6 Å². The lowest BCUT2D eigenvalue weighted by atomic mass is 9.94. The summed E-state index contributed by atoms with van der Waals surface area (Å²) in [5.41, 5.74) is 1.52. The van der Waals surface area contributed by atoms with Gasteiger partial charge in [-0.05, 0) is 30.0 Å². The van der Waals surface area contributed by atoms with Gasteiger partial charge >= 0.3 is 0 Å². The molecule has 2 aliphatic rings. The van der Waals surface area contributed by atoms with Crippen molar-refractivity contribution in [1.82, 2.24) is 0 Å². The summed E-state index contributed by atoms with van der Waals surface area (Å²) in [4.78, 5) is 3.61. The maximum Gasteiger partial charge on any atom is 0.127 e. The molecule has 2 N–H and O–H groups in total. The molecular formula is C22H30N2+2. The zero-order chi connectivity index (χ0) is 16.2. The predicted octanol–water partition coefficient (Wildman–Crippen LogP) is 1.48. The van der Waals surface area contributed by atoms with Crippen LogP contribution in [0.5, 0.6) is 0 Å². The van der Waals surface area contributed by atoms with Crippen molar-refractivity contribution in [3.05, 3.63) is 60.2 Å². The van der Waals surface area contributed by atoms with E-state index in [0.717, 1.165) is 5.92 Å². The Morgan fingerprint density at radius 2 is 1.62 bits per heavy atom. The number of hydrogen-bond acceptors (Lipinski definition) is 0. The van der Waals surface area contributed by atoms with Crippen molar-refractivity contribution < 1.29 is 9.80 Å². The first-order valence-electron chi connectivity index (χ1n) is 9.67. The molecule has 0 saturated carbocycles. The zero-order valence-corrected chi connectivity index (χ0v) is 14.6. The molecule has 2 nitrogen and oxygen atoms in total. The average molecular weight is 322 g/mol. The first-order chi connectivity index (χ1) is 11.9. The second-order valence-corrected chi connectivity index (χ2v) is 7.67. The van der Waals surface area contributed by atoms with Crippen LogP contribution in [0, 0.1) is 5.92 Å². The Balaban J connectivity index is 1.33. The lowest BCUT2D eigenvalue weighted by Crippen LogP contribution is -3.27. The molecular weight excluding hydrogens is 292 g/mol. The first kappa shape index (κ1) is 15.9. The Morgan fingerprint density at radius 1 is 0.833 bits per heavy atom. The second-order valence-electron chi connectivity index (χ2n) is 7.67. The van der Waals surface area contributed by atoms with Gasteiger partial charge in [0.25, 0.3) is 0 Å². The van der Waals surface area contributed by atoms with Gasteiger partial charge in [-0.2, -0.15) is 0 Å². The highest BCUT2D eigenvalue weighted by molar-refractivity contribution is 5.85. The molecule has 0 amide bonds. The van der Waals surface area contributed by atoms with E-state index in [9.17, 15) is 0 Å². The molecule has 1 aliphatic carbocycles. The molecule has 126 valence electrons. The minimum Gasteiger partial charge on any atom is -0.325 e. The molecule has 1 atom stereocenters. The summed E-state index contributed by atoms with van der Waals surface area (Å²) in [5, 5.41) is 2.82. The highest BCUT2D eigenvalue weighted by Crippen LogP contribution is 2.18. The van der Waals surface area contributed by atoms with Crippen LogP contribution in [-0.4, -0.2) is 32.7 Å². The van der Waals surface area contributed by atoms with Crippen molar-refractivity contribution in [3.63, 3.8) is 0 Å². The van der Waals surface area contributed by atoms with Crippen molar-refractivity contribution >= 4 is 10.8 Å². The molecule has 2 aromatic rings. The van der Waals surface area contributed by atoms with Gasteiger partial charge in [0.15, 0.2) is 0 Å². The third kappa shape index (κ3) is 3.71. The number of benzene rings is 2. The molecule has 1 fully saturated rings. The van der Waals surface area contributed by atoms with Crippen LogP contribution in [0.2, 0.25) is 0 Å². The first-order valence-corrected chi connectivity index (χ1v) is 9.67. The molecule has 0 bridgehead atoms. The highest BCUT2D eigenvalue weighted by Gasteiger charge is 2.25. The van der Waals surface area contributed by atoms with Crippen LogP contribution in [0.1, 0.15) is 24.8 Å². The largest absolute Gasteiger partial charge is 0.325 e. The zero-order valence-electron chi connectivity index (χ0n) is 14.6. The van der Waals surface area contributed by atoms with Crippen molar-refractivity contribution in [2.45, 2.75) is 25.8 Å². The standard InChI is InChI=1S/C22H28N2/c1-2-7-19(8-3-1)17-23-13-15-24(16-14-23)18-21-11-6-10-20-9-4-5-12-22(20)21/h1-2,4-6,9-12,19H,3,7-8,13-18H2/p+2/t19-/m0/s1. The summed E-state index contributed by atoms with van der Waals surface area (Å²) in [6.45, 7) is 7.91. The Kier molecular flexibility index (Phi) is 4.96. The number of hydrogen-bond donors (Lipinski definition) is 2. The van der Waals surface area contributed by atoms with E-state index in [0.29, 0.717) is 0 Å². The van der Waals surface area contributed by atoms with E-state index >= 15 is 0 Å². The summed E-state index contributed by atoms with van der Waals surface area (Å²) >= 11 is 0. The van der Waals surface area contributed by atoms with Crippen LogP contribution in [0.3, 0.4) is 0 Å². The van der Waals surface area contributed by atoms with Gasteiger partial charge in [-0.25, -0.2) is 0 Å². The molecule has 4 rings (SSSR count). The summed E-state index contributed by atoms with van der Waals surface area (Å²) < 4.78 is 0. The van der Waals surface area contributed by atoms with Gasteiger partial charge in [-0.3, -0.25) is 0 Å². The molecule has 1 saturated heterocycles. The van der Waals surface area contributed by atoms with Crippen LogP contribution >= 0.6 is 0 Å². The lowest BCUT2D eigenvalue weighted by molar-refractivity contribution is -1.02. The van der Waals surface area contributed by atoms with Crippen LogP contribution in [0.15, 0.2) is 54.6 Å². The Morgan fingerprint density at radius 3 is 2.46 bits per heavy atom. The third-order valence-electron chi connectivity index (χ3n) is 5.94. The average Bonchev–Trinajstić information content (AvgIpc) is 2.65. The van der Waals surface area contributed by atoms with E-state index in [-0.39, 0.29) is 0 Å². The second kappa shape index (κ2) is 7.50. The van der Waals surface area contributed by atoms with Gasteiger partial charge in [0.2, 0.25) is 0 Å². The van der Waals surface area contributed by atoms with Crippen molar-refractivity contribution in [2.24, 2.45) is 5.92 Å². The minimum atomic E-state index is 0.935. The van der Waals surface area contributed by atoms with Gasteiger partial charge < -0.3 is 9.80 Å². The van der Waals surface area contributed by atoms with Crippen LogP contribution in [0.25, 0.3) is 10.8 Å². The molecule has 1 heterocycles. The molecule has 24 heavy (non-hydrogen) atoms.